The van der Waals surface area contributed by atoms with E-state index in [4.69, 9.17) is 0 Å². The molecule has 0 saturated heterocycles. The first kappa shape index (κ1) is 13.8. The van der Waals surface area contributed by atoms with E-state index in [1.807, 2.05) is 31.6 Å². The molecule has 1 aliphatic heterocycles. The molecule has 1 aliphatic rings. The van der Waals surface area contributed by atoms with Gasteiger partial charge in [-0.05, 0) is 29.5 Å². The van der Waals surface area contributed by atoms with Crippen molar-refractivity contribution in [3.63, 3.8) is 0 Å². The van der Waals surface area contributed by atoms with Gasteiger partial charge in [0.1, 0.15) is 0 Å². The van der Waals surface area contributed by atoms with E-state index in [0.29, 0.717) is 6.54 Å². The summed E-state index contributed by atoms with van der Waals surface area (Å²) in [6.07, 6.45) is 5.38. The maximum atomic E-state index is 12.2. The molecule has 3 rings (SSSR count). The van der Waals surface area contributed by atoms with Gasteiger partial charge < -0.3 is 10.6 Å². The van der Waals surface area contributed by atoms with E-state index in [9.17, 15) is 4.79 Å². The highest BCUT2D eigenvalue weighted by atomic mass is 16.2. The summed E-state index contributed by atoms with van der Waals surface area (Å²) in [6.45, 7) is 1.40. The normalized spacial score (nSPS) is 17.3. The van der Waals surface area contributed by atoms with Gasteiger partial charge in [0.25, 0.3) is 0 Å². The van der Waals surface area contributed by atoms with E-state index in [1.54, 1.807) is 4.68 Å². The quantitative estimate of drug-likeness (QED) is 0.873. The van der Waals surface area contributed by atoms with Crippen LogP contribution in [0.15, 0.2) is 36.7 Å². The van der Waals surface area contributed by atoms with Crippen molar-refractivity contribution in [2.45, 2.75) is 25.4 Å². The predicted molar refractivity (Wildman–Crippen MR) is 80.7 cm³/mol. The first-order valence-corrected chi connectivity index (χ1v) is 7.28. The van der Waals surface area contributed by atoms with Crippen molar-refractivity contribution >= 4 is 5.91 Å². The van der Waals surface area contributed by atoms with Crippen LogP contribution >= 0.6 is 0 Å². The van der Waals surface area contributed by atoms with E-state index in [0.717, 1.165) is 24.9 Å². The summed E-state index contributed by atoms with van der Waals surface area (Å²) in [5.74, 6) is 0.0772. The van der Waals surface area contributed by atoms with Gasteiger partial charge in [0.2, 0.25) is 5.91 Å². The lowest BCUT2D eigenvalue weighted by Gasteiger charge is -2.25. The van der Waals surface area contributed by atoms with Crippen LogP contribution in [-0.4, -0.2) is 28.3 Å². The smallest absolute Gasteiger partial charge is 0.237 e. The molecule has 1 atom stereocenters. The van der Waals surface area contributed by atoms with Crippen LogP contribution in [0.3, 0.4) is 0 Å². The average Bonchev–Trinajstić information content (AvgIpc) is 2.92. The Balaban J connectivity index is 1.50. The summed E-state index contributed by atoms with van der Waals surface area (Å²) in [7, 11) is 1.89. The van der Waals surface area contributed by atoms with Crippen molar-refractivity contribution < 1.29 is 4.79 Å². The van der Waals surface area contributed by atoms with Gasteiger partial charge >= 0.3 is 0 Å². The van der Waals surface area contributed by atoms with Crippen molar-refractivity contribution in [2.24, 2.45) is 7.05 Å². The van der Waals surface area contributed by atoms with Crippen molar-refractivity contribution in [3.05, 3.63) is 53.3 Å². The molecule has 5 nitrogen and oxygen atoms in total. The number of benzene rings is 1. The van der Waals surface area contributed by atoms with E-state index >= 15 is 0 Å². The molecular weight excluding hydrogens is 264 g/mol. The Bertz CT molecular complexity index is 635. The van der Waals surface area contributed by atoms with Crippen LogP contribution in [0.25, 0.3) is 0 Å². The number of rotatable bonds is 4. The minimum atomic E-state index is -0.131. The van der Waals surface area contributed by atoms with Crippen molar-refractivity contribution in [1.29, 1.82) is 0 Å². The molecule has 1 amide bonds. The summed E-state index contributed by atoms with van der Waals surface area (Å²) in [6, 6.07) is 8.15. The molecule has 110 valence electrons. The predicted octanol–water partition coefficient (Wildman–Crippen LogP) is 0.793. The standard InChI is InChI=1S/C16H20N4O/c1-20-11-12(9-19-20)6-7-17-16(21)15-8-13-4-2-3-5-14(13)10-18-15/h2-5,9,11,15,18H,6-8,10H2,1H3,(H,17,21)/t15-/m0/s1. The second-order valence-electron chi connectivity index (χ2n) is 5.47. The highest BCUT2D eigenvalue weighted by Crippen LogP contribution is 2.16. The minimum absolute atomic E-state index is 0.0772. The number of fused-ring (bicyclic) bond motifs is 1. The average molecular weight is 284 g/mol. The van der Waals surface area contributed by atoms with Gasteiger partial charge in [0, 0.05) is 26.3 Å². The fraction of sp³-hybridized carbons (Fsp3) is 0.375. The molecule has 0 unspecified atom stereocenters. The first-order chi connectivity index (χ1) is 10.2. The topological polar surface area (TPSA) is 59.0 Å². The number of nitrogens with one attached hydrogen (secondary N) is 2. The number of aryl methyl sites for hydroxylation is 1. The van der Waals surface area contributed by atoms with Crippen LogP contribution in [0, 0.1) is 0 Å². The van der Waals surface area contributed by atoms with Crippen LogP contribution < -0.4 is 10.6 Å². The molecule has 21 heavy (non-hydrogen) atoms. The molecule has 0 spiro atoms. The van der Waals surface area contributed by atoms with Gasteiger partial charge in [-0.2, -0.15) is 5.10 Å². The monoisotopic (exact) mass is 284 g/mol. The third-order valence-electron chi connectivity index (χ3n) is 3.87. The number of carbonyl (C=O) groups is 1. The summed E-state index contributed by atoms with van der Waals surface area (Å²) in [5, 5.41) is 10.4. The Kier molecular flexibility index (Phi) is 4.01. The van der Waals surface area contributed by atoms with Crippen LogP contribution in [0.1, 0.15) is 16.7 Å². The number of amides is 1. The molecule has 1 aromatic carbocycles. The third kappa shape index (κ3) is 3.31. The summed E-state index contributed by atoms with van der Waals surface area (Å²) >= 11 is 0. The van der Waals surface area contributed by atoms with Gasteiger partial charge in [0.15, 0.2) is 0 Å². The largest absolute Gasteiger partial charge is 0.354 e. The van der Waals surface area contributed by atoms with E-state index in [1.165, 1.54) is 11.1 Å². The zero-order valence-corrected chi connectivity index (χ0v) is 12.2. The molecule has 2 heterocycles. The molecule has 0 aliphatic carbocycles. The zero-order valence-electron chi connectivity index (χ0n) is 12.2. The number of hydrogen-bond acceptors (Lipinski definition) is 3. The Morgan fingerprint density at radius 2 is 2.24 bits per heavy atom. The van der Waals surface area contributed by atoms with Crippen molar-refractivity contribution in [1.82, 2.24) is 20.4 Å². The van der Waals surface area contributed by atoms with Gasteiger partial charge in [0.05, 0.1) is 12.2 Å². The maximum absolute atomic E-state index is 12.2. The highest BCUT2D eigenvalue weighted by molar-refractivity contribution is 5.82. The highest BCUT2D eigenvalue weighted by Gasteiger charge is 2.23. The second kappa shape index (κ2) is 6.10. The number of hydrogen-bond donors (Lipinski definition) is 2. The van der Waals surface area contributed by atoms with Gasteiger partial charge in [-0.1, -0.05) is 24.3 Å². The summed E-state index contributed by atoms with van der Waals surface area (Å²) in [5.41, 5.74) is 3.69. The summed E-state index contributed by atoms with van der Waals surface area (Å²) in [4.78, 5) is 12.2. The fourth-order valence-electron chi connectivity index (χ4n) is 2.69. The second-order valence-corrected chi connectivity index (χ2v) is 5.47. The lowest BCUT2D eigenvalue weighted by Crippen LogP contribution is -2.48. The van der Waals surface area contributed by atoms with E-state index < -0.39 is 0 Å². The van der Waals surface area contributed by atoms with Gasteiger partial charge in [-0.15, -0.1) is 0 Å². The molecule has 1 aromatic heterocycles. The maximum Gasteiger partial charge on any atom is 0.237 e. The molecule has 0 saturated carbocycles. The number of aromatic nitrogens is 2. The molecular formula is C16H20N4O. The van der Waals surface area contributed by atoms with Crippen LogP contribution in [0.5, 0.6) is 0 Å². The van der Waals surface area contributed by atoms with Gasteiger partial charge in [-0.25, -0.2) is 0 Å². The fourth-order valence-corrected chi connectivity index (χ4v) is 2.69. The minimum Gasteiger partial charge on any atom is -0.354 e. The molecule has 0 radical (unpaired) electrons. The van der Waals surface area contributed by atoms with Crippen LogP contribution in [-0.2, 0) is 31.2 Å². The zero-order chi connectivity index (χ0) is 14.7. The Hall–Kier alpha value is -2.14. The molecule has 0 bridgehead atoms. The van der Waals surface area contributed by atoms with E-state index in [2.05, 4.69) is 27.9 Å². The van der Waals surface area contributed by atoms with Crippen LogP contribution in [0.2, 0.25) is 0 Å². The Labute approximate surface area is 124 Å². The van der Waals surface area contributed by atoms with Crippen molar-refractivity contribution in [3.8, 4) is 0 Å². The van der Waals surface area contributed by atoms with Gasteiger partial charge in [-0.3, -0.25) is 9.48 Å². The first-order valence-electron chi connectivity index (χ1n) is 7.28. The van der Waals surface area contributed by atoms with Crippen LogP contribution in [0.4, 0.5) is 0 Å². The molecule has 5 heteroatoms. The molecule has 2 N–H and O–H groups in total. The van der Waals surface area contributed by atoms with Crippen molar-refractivity contribution in [2.75, 3.05) is 6.54 Å². The lowest BCUT2D eigenvalue weighted by molar-refractivity contribution is -0.123. The number of nitrogens with zero attached hydrogens (tertiary/aromatic N) is 2. The summed E-state index contributed by atoms with van der Waals surface area (Å²) < 4.78 is 1.77. The van der Waals surface area contributed by atoms with E-state index in [-0.39, 0.29) is 11.9 Å². The SMILES string of the molecule is Cn1cc(CCNC(=O)[C@@H]2Cc3ccccc3CN2)cn1. The lowest BCUT2D eigenvalue weighted by atomic mass is 9.95. The Morgan fingerprint density at radius 3 is 3.00 bits per heavy atom. The molecule has 0 fully saturated rings. The Morgan fingerprint density at radius 1 is 1.43 bits per heavy atom. The number of carbonyl (C=O) groups excluding carboxylic acids is 1. The molecule has 2 aromatic rings. The third-order valence-corrected chi connectivity index (χ3v) is 3.87.